The summed E-state index contributed by atoms with van der Waals surface area (Å²) in [5.74, 6) is 6.45. The van der Waals surface area contributed by atoms with Crippen molar-refractivity contribution < 1.29 is 21.8 Å². The largest absolute Gasteiger partial charge is 0.673 e. The third-order valence-corrected chi connectivity index (χ3v) is 3.96. The first-order chi connectivity index (χ1) is 10.8. The van der Waals surface area contributed by atoms with Gasteiger partial charge in [-0.3, -0.25) is 0 Å². The number of benzene rings is 2. The first-order valence-corrected chi connectivity index (χ1v) is 7.48. The minimum atomic E-state index is -6.00. The van der Waals surface area contributed by atoms with Crippen LogP contribution in [0.25, 0.3) is 10.2 Å². The third-order valence-electron chi connectivity index (χ3n) is 2.83. The lowest BCUT2D eigenvalue weighted by atomic mass is 10.2. The Balaban J connectivity index is 0.000000338. The number of hydrogen-bond donors (Lipinski definition) is 0. The summed E-state index contributed by atoms with van der Waals surface area (Å²) in [7, 11) is -3.94. The average molecular weight is 337 g/mol. The van der Waals surface area contributed by atoms with Gasteiger partial charge in [0, 0.05) is 17.6 Å². The second-order valence-corrected chi connectivity index (χ2v) is 5.58. The van der Waals surface area contributed by atoms with Gasteiger partial charge in [-0.1, -0.05) is 47.6 Å². The predicted octanol–water partition coefficient (Wildman–Crippen LogP) is 4.43. The summed E-state index contributed by atoms with van der Waals surface area (Å²) >= 11 is 1.73. The molecule has 1 aromatic heterocycles. The van der Waals surface area contributed by atoms with E-state index in [1.54, 1.807) is 11.3 Å². The minimum Gasteiger partial charge on any atom is -0.418 e. The number of rotatable bonds is 0. The molecular formula is C16H12BF4NS. The third kappa shape index (κ3) is 5.42. The van der Waals surface area contributed by atoms with Crippen molar-refractivity contribution in [2.45, 2.75) is 0 Å². The molecule has 0 aliphatic carbocycles. The Kier molecular flexibility index (Phi) is 5.40. The SMILES string of the molecule is C[n+]1c(C#Cc2ccccc2)sc2ccccc21.F[B-](F)(F)F. The van der Waals surface area contributed by atoms with Gasteiger partial charge in [-0.25, -0.2) is 0 Å². The van der Waals surface area contributed by atoms with Gasteiger partial charge >= 0.3 is 12.3 Å². The van der Waals surface area contributed by atoms with Crippen LogP contribution in [0.2, 0.25) is 0 Å². The Morgan fingerprint density at radius 3 is 2.04 bits per heavy atom. The first-order valence-electron chi connectivity index (χ1n) is 6.66. The van der Waals surface area contributed by atoms with Crippen LogP contribution in [0, 0.1) is 11.8 Å². The number of fused-ring (bicyclic) bond motifs is 1. The Bertz CT molecular complexity index is 841. The molecule has 3 aromatic rings. The summed E-state index contributed by atoms with van der Waals surface area (Å²) in [6.45, 7) is 0. The molecule has 1 nitrogen and oxygen atoms in total. The lowest BCUT2D eigenvalue weighted by molar-refractivity contribution is -0.642. The van der Waals surface area contributed by atoms with Gasteiger partial charge in [0.15, 0.2) is 0 Å². The molecule has 0 atom stereocenters. The van der Waals surface area contributed by atoms with Crippen LogP contribution in [0.4, 0.5) is 17.3 Å². The van der Waals surface area contributed by atoms with Gasteiger partial charge < -0.3 is 17.3 Å². The van der Waals surface area contributed by atoms with E-state index in [-0.39, 0.29) is 0 Å². The van der Waals surface area contributed by atoms with Crippen LogP contribution in [-0.2, 0) is 7.05 Å². The normalized spacial score (nSPS) is 10.5. The van der Waals surface area contributed by atoms with Gasteiger partial charge in [-0.15, -0.1) is 0 Å². The number of halogens is 4. The van der Waals surface area contributed by atoms with Crippen LogP contribution in [-0.4, -0.2) is 7.25 Å². The Morgan fingerprint density at radius 1 is 0.870 bits per heavy atom. The van der Waals surface area contributed by atoms with Crippen LogP contribution in [0.15, 0.2) is 54.6 Å². The van der Waals surface area contributed by atoms with Gasteiger partial charge in [0.05, 0.1) is 0 Å². The van der Waals surface area contributed by atoms with Crippen molar-refractivity contribution in [3.05, 3.63) is 65.2 Å². The van der Waals surface area contributed by atoms with Gasteiger partial charge in [-0.05, 0) is 18.2 Å². The standard InChI is InChI=1S/C16H12NS.BF4/c1-17-14-9-5-6-10-15(14)18-16(17)12-11-13-7-3-2-4-8-13;2-1(3,4)5/h2-10H,1H3;/q+1;-1. The molecule has 7 heteroatoms. The summed E-state index contributed by atoms with van der Waals surface area (Å²) in [5.41, 5.74) is 2.29. The molecule has 118 valence electrons. The maximum absolute atomic E-state index is 9.75. The molecule has 0 N–H and O–H groups in total. The van der Waals surface area contributed by atoms with Crippen molar-refractivity contribution in [3.8, 4) is 11.8 Å². The van der Waals surface area contributed by atoms with Crippen LogP contribution in [0.3, 0.4) is 0 Å². The molecule has 0 radical (unpaired) electrons. The first kappa shape index (κ1) is 17.0. The van der Waals surface area contributed by atoms with E-state index in [2.05, 4.69) is 47.7 Å². The maximum atomic E-state index is 9.75. The zero-order valence-corrected chi connectivity index (χ0v) is 13.0. The van der Waals surface area contributed by atoms with E-state index in [4.69, 9.17) is 0 Å². The molecule has 0 aliphatic heterocycles. The van der Waals surface area contributed by atoms with Crippen molar-refractivity contribution in [3.63, 3.8) is 0 Å². The highest BCUT2D eigenvalue weighted by Gasteiger charge is 2.20. The van der Waals surface area contributed by atoms with Crippen LogP contribution in [0.5, 0.6) is 0 Å². The number of hydrogen-bond acceptors (Lipinski definition) is 1. The highest BCUT2D eigenvalue weighted by molar-refractivity contribution is 7.18. The minimum absolute atomic E-state index is 1.05. The number of aromatic nitrogens is 1. The van der Waals surface area contributed by atoms with Gasteiger partial charge in [0.25, 0.3) is 0 Å². The molecule has 0 aliphatic rings. The van der Waals surface area contributed by atoms with E-state index in [0.29, 0.717) is 0 Å². The highest BCUT2D eigenvalue weighted by Crippen LogP contribution is 2.18. The smallest absolute Gasteiger partial charge is 0.418 e. The van der Waals surface area contributed by atoms with Gasteiger partial charge in [-0.2, -0.15) is 4.57 Å². The molecule has 0 spiro atoms. The van der Waals surface area contributed by atoms with E-state index in [0.717, 1.165) is 10.6 Å². The quantitative estimate of drug-likeness (QED) is 0.247. The molecule has 0 saturated carbocycles. The fraction of sp³-hybridized carbons (Fsp3) is 0.0625. The monoisotopic (exact) mass is 337 g/mol. The molecule has 0 bridgehead atoms. The Labute approximate surface area is 135 Å². The molecule has 1 heterocycles. The van der Waals surface area contributed by atoms with E-state index in [1.807, 2.05) is 30.3 Å². The van der Waals surface area contributed by atoms with Crippen molar-refractivity contribution in [1.82, 2.24) is 0 Å². The number of nitrogens with zero attached hydrogens (tertiary/aromatic N) is 1. The number of para-hydroxylation sites is 1. The molecule has 3 rings (SSSR count). The van der Waals surface area contributed by atoms with E-state index in [1.165, 1.54) is 10.2 Å². The fourth-order valence-corrected chi connectivity index (χ4v) is 2.86. The van der Waals surface area contributed by atoms with Crippen LogP contribution in [0.1, 0.15) is 10.6 Å². The lowest BCUT2D eigenvalue weighted by Crippen LogP contribution is -2.29. The number of thiazole rings is 1. The predicted molar refractivity (Wildman–Crippen MR) is 85.6 cm³/mol. The van der Waals surface area contributed by atoms with Gasteiger partial charge in [0.2, 0.25) is 5.52 Å². The summed E-state index contributed by atoms with van der Waals surface area (Å²) in [4.78, 5) is 0. The molecule has 0 unspecified atom stereocenters. The average Bonchev–Trinajstić information content (AvgIpc) is 2.82. The van der Waals surface area contributed by atoms with E-state index < -0.39 is 7.25 Å². The summed E-state index contributed by atoms with van der Waals surface area (Å²) < 4.78 is 42.4. The molecular weight excluding hydrogens is 325 g/mol. The Morgan fingerprint density at radius 2 is 1.43 bits per heavy atom. The fourth-order valence-electron chi connectivity index (χ4n) is 1.86. The highest BCUT2D eigenvalue weighted by atomic mass is 32.1. The van der Waals surface area contributed by atoms with Crippen LogP contribution < -0.4 is 4.57 Å². The van der Waals surface area contributed by atoms with Crippen molar-refractivity contribution in [1.29, 1.82) is 0 Å². The zero-order valence-electron chi connectivity index (χ0n) is 12.1. The molecule has 23 heavy (non-hydrogen) atoms. The van der Waals surface area contributed by atoms with Crippen molar-refractivity contribution in [2.75, 3.05) is 0 Å². The summed E-state index contributed by atoms with van der Waals surface area (Å²) in [6, 6.07) is 18.5. The molecule has 2 aromatic carbocycles. The zero-order chi connectivity index (χ0) is 16.9. The van der Waals surface area contributed by atoms with Gasteiger partial charge in [0.1, 0.15) is 11.7 Å². The number of aryl methyl sites for hydroxylation is 1. The van der Waals surface area contributed by atoms with Crippen molar-refractivity contribution >= 4 is 28.8 Å². The molecule has 0 fully saturated rings. The summed E-state index contributed by atoms with van der Waals surface area (Å²) in [6.07, 6.45) is 0. The maximum Gasteiger partial charge on any atom is 0.673 e. The van der Waals surface area contributed by atoms with Crippen LogP contribution >= 0.6 is 11.3 Å². The summed E-state index contributed by atoms with van der Waals surface area (Å²) in [5, 5.41) is 1.08. The second kappa shape index (κ2) is 7.29. The van der Waals surface area contributed by atoms with E-state index >= 15 is 0 Å². The van der Waals surface area contributed by atoms with E-state index in [9.17, 15) is 17.3 Å². The Hall–Kier alpha value is -2.33. The second-order valence-electron chi connectivity index (χ2n) is 4.54. The molecule has 0 saturated heterocycles. The topological polar surface area (TPSA) is 3.88 Å². The molecule has 0 amide bonds. The van der Waals surface area contributed by atoms with Crippen molar-refractivity contribution in [2.24, 2.45) is 7.05 Å². The lowest BCUT2D eigenvalue weighted by Gasteiger charge is -1.94.